The standard InChI is InChI=1S/C17H28N4OS/c1-3-4-10-15-16(22-15)11-13(2)12-23-17(20-18)21(19)14-8-6-5-7-9-14/h5-9,13,15-16H,3-4,10-12,18-19H2,1-2H3/b20-17+. The number of amidine groups is 1. The number of hydrogen-bond donors (Lipinski definition) is 2. The SMILES string of the molecule is CCCCC1OC1CC(C)CS/C(=N/N)N(N)c1ccccc1. The van der Waals surface area contributed by atoms with E-state index < -0.39 is 0 Å². The molecule has 0 aliphatic carbocycles. The fourth-order valence-electron chi connectivity index (χ4n) is 2.60. The van der Waals surface area contributed by atoms with E-state index in [0.717, 1.165) is 17.9 Å². The summed E-state index contributed by atoms with van der Waals surface area (Å²) in [4.78, 5) is 0. The third kappa shape index (κ3) is 5.71. The van der Waals surface area contributed by atoms with E-state index in [1.807, 2.05) is 30.3 Å². The number of nitrogens with two attached hydrogens (primary N) is 2. The van der Waals surface area contributed by atoms with Crippen LogP contribution in [0.25, 0.3) is 0 Å². The number of anilines is 1. The van der Waals surface area contributed by atoms with Crippen molar-refractivity contribution in [2.24, 2.45) is 22.7 Å². The van der Waals surface area contributed by atoms with Gasteiger partial charge in [0.25, 0.3) is 0 Å². The fourth-order valence-corrected chi connectivity index (χ4v) is 3.48. The molecule has 4 N–H and O–H groups in total. The third-order valence-electron chi connectivity index (χ3n) is 4.01. The Hall–Kier alpha value is -1.24. The minimum Gasteiger partial charge on any atom is -0.370 e. The molecular formula is C17H28N4OS. The minimum atomic E-state index is 0.443. The normalized spacial score (nSPS) is 22.0. The third-order valence-corrected chi connectivity index (χ3v) is 5.31. The first-order chi connectivity index (χ1) is 11.2. The lowest BCUT2D eigenvalue weighted by Crippen LogP contribution is -2.36. The molecule has 1 heterocycles. The van der Waals surface area contributed by atoms with Crippen molar-refractivity contribution in [2.75, 3.05) is 10.8 Å². The van der Waals surface area contributed by atoms with Crippen LogP contribution in [0.2, 0.25) is 0 Å². The number of nitrogens with zero attached hydrogens (tertiary/aromatic N) is 2. The molecule has 6 heteroatoms. The molecule has 1 aliphatic heterocycles. The molecule has 1 aromatic rings. The highest BCUT2D eigenvalue weighted by molar-refractivity contribution is 8.14. The van der Waals surface area contributed by atoms with Gasteiger partial charge in [-0.25, -0.2) is 5.84 Å². The van der Waals surface area contributed by atoms with Gasteiger partial charge in [0.2, 0.25) is 5.17 Å². The molecule has 0 amide bonds. The Kier molecular flexibility index (Phi) is 7.20. The monoisotopic (exact) mass is 336 g/mol. The van der Waals surface area contributed by atoms with Gasteiger partial charge in [-0.05, 0) is 30.9 Å². The molecule has 3 atom stereocenters. The summed E-state index contributed by atoms with van der Waals surface area (Å²) in [5, 5.41) is 6.00. The Balaban J connectivity index is 1.73. The van der Waals surface area contributed by atoms with Crippen LogP contribution in [0.4, 0.5) is 5.69 Å². The molecule has 3 unspecified atom stereocenters. The Morgan fingerprint density at radius 3 is 2.74 bits per heavy atom. The lowest BCUT2D eigenvalue weighted by Gasteiger charge is -2.20. The number of rotatable bonds is 8. The van der Waals surface area contributed by atoms with Gasteiger partial charge in [-0.2, -0.15) is 5.10 Å². The number of hydrazine groups is 1. The summed E-state index contributed by atoms with van der Waals surface area (Å²) in [6.07, 6.45) is 5.71. The van der Waals surface area contributed by atoms with Crippen LogP contribution in [0.5, 0.6) is 0 Å². The molecule has 1 fully saturated rings. The van der Waals surface area contributed by atoms with Gasteiger partial charge in [-0.15, -0.1) is 0 Å². The van der Waals surface area contributed by atoms with Gasteiger partial charge in [0, 0.05) is 5.75 Å². The van der Waals surface area contributed by atoms with E-state index in [2.05, 4.69) is 18.9 Å². The zero-order valence-electron chi connectivity index (χ0n) is 14.0. The second-order valence-electron chi connectivity index (χ2n) is 6.12. The van der Waals surface area contributed by atoms with Crippen LogP contribution in [0.1, 0.15) is 39.5 Å². The Morgan fingerprint density at radius 2 is 2.09 bits per heavy atom. The average Bonchev–Trinajstić information content (AvgIpc) is 3.31. The highest BCUT2D eigenvalue weighted by atomic mass is 32.2. The zero-order valence-corrected chi connectivity index (χ0v) is 14.8. The summed E-state index contributed by atoms with van der Waals surface area (Å²) in [5.41, 5.74) is 0.877. The van der Waals surface area contributed by atoms with Crippen LogP contribution in [0.15, 0.2) is 35.4 Å². The maximum atomic E-state index is 6.10. The second kappa shape index (κ2) is 9.15. The fraction of sp³-hybridized carbons (Fsp3) is 0.588. The van der Waals surface area contributed by atoms with E-state index in [-0.39, 0.29) is 0 Å². The molecule has 1 aliphatic rings. The van der Waals surface area contributed by atoms with Gasteiger partial charge in [-0.1, -0.05) is 56.7 Å². The molecular weight excluding hydrogens is 308 g/mol. The number of unbranched alkanes of at least 4 members (excludes halogenated alkanes) is 1. The maximum Gasteiger partial charge on any atom is 0.201 e. The van der Waals surface area contributed by atoms with Gasteiger partial charge in [0.15, 0.2) is 0 Å². The molecule has 128 valence electrons. The average molecular weight is 337 g/mol. The molecule has 2 rings (SSSR count). The molecule has 0 radical (unpaired) electrons. The first-order valence-corrected chi connectivity index (χ1v) is 9.30. The van der Waals surface area contributed by atoms with Crippen LogP contribution in [-0.2, 0) is 4.74 Å². The van der Waals surface area contributed by atoms with E-state index in [9.17, 15) is 0 Å². The number of thioether (sulfide) groups is 1. The van der Waals surface area contributed by atoms with E-state index >= 15 is 0 Å². The number of epoxide rings is 1. The molecule has 0 aromatic heterocycles. The molecule has 0 saturated carbocycles. The predicted molar refractivity (Wildman–Crippen MR) is 99.2 cm³/mol. The number of para-hydroxylation sites is 1. The van der Waals surface area contributed by atoms with Gasteiger partial charge in [0.05, 0.1) is 17.9 Å². The van der Waals surface area contributed by atoms with Crippen LogP contribution < -0.4 is 16.7 Å². The van der Waals surface area contributed by atoms with E-state index in [1.165, 1.54) is 24.3 Å². The van der Waals surface area contributed by atoms with Crippen molar-refractivity contribution < 1.29 is 4.74 Å². The first kappa shape index (κ1) is 18.1. The number of hydrazone groups is 1. The Bertz CT molecular complexity index is 497. The Morgan fingerprint density at radius 1 is 1.35 bits per heavy atom. The molecule has 0 spiro atoms. The number of ether oxygens (including phenoxy) is 1. The molecule has 1 aromatic carbocycles. The van der Waals surface area contributed by atoms with Gasteiger partial charge in [0.1, 0.15) is 0 Å². The van der Waals surface area contributed by atoms with Crippen molar-refractivity contribution in [1.29, 1.82) is 0 Å². The molecule has 1 saturated heterocycles. The smallest absolute Gasteiger partial charge is 0.201 e. The van der Waals surface area contributed by atoms with Crippen LogP contribution in [-0.4, -0.2) is 23.1 Å². The van der Waals surface area contributed by atoms with Crippen molar-refractivity contribution >= 4 is 22.6 Å². The summed E-state index contributed by atoms with van der Waals surface area (Å²) < 4.78 is 5.74. The summed E-state index contributed by atoms with van der Waals surface area (Å²) in [7, 11) is 0. The summed E-state index contributed by atoms with van der Waals surface area (Å²) in [6.45, 7) is 4.46. The first-order valence-electron chi connectivity index (χ1n) is 8.31. The number of benzene rings is 1. The Labute approximate surface area is 143 Å². The van der Waals surface area contributed by atoms with Crippen LogP contribution >= 0.6 is 11.8 Å². The van der Waals surface area contributed by atoms with E-state index in [1.54, 1.807) is 11.8 Å². The maximum absolute atomic E-state index is 6.10. The number of hydrogen-bond acceptors (Lipinski definition) is 5. The topological polar surface area (TPSA) is 80.2 Å². The predicted octanol–water partition coefficient (Wildman–Crippen LogP) is 3.31. The lowest BCUT2D eigenvalue weighted by atomic mass is 10.0. The van der Waals surface area contributed by atoms with Crippen molar-refractivity contribution in [1.82, 2.24) is 0 Å². The van der Waals surface area contributed by atoms with E-state index in [4.69, 9.17) is 16.4 Å². The molecule has 0 bridgehead atoms. The zero-order chi connectivity index (χ0) is 16.7. The van der Waals surface area contributed by atoms with Crippen molar-refractivity contribution in [2.45, 2.75) is 51.7 Å². The van der Waals surface area contributed by atoms with Gasteiger partial charge in [-0.3, -0.25) is 5.01 Å². The van der Waals surface area contributed by atoms with E-state index in [0.29, 0.717) is 23.3 Å². The van der Waals surface area contributed by atoms with Gasteiger partial charge >= 0.3 is 0 Å². The summed E-state index contributed by atoms with van der Waals surface area (Å²) >= 11 is 1.59. The highest BCUT2D eigenvalue weighted by Crippen LogP contribution is 2.33. The highest BCUT2D eigenvalue weighted by Gasteiger charge is 2.38. The summed E-state index contributed by atoms with van der Waals surface area (Å²) in [5.74, 6) is 13.1. The molecule has 5 nitrogen and oxygen atoms in total. The largest absolute Gasteiger partial charge is 0.370 e. The quantitative estimate of drug-likeness (QED) is 0.250. The van der Waals surface area contributed by atoms with Crippen LogP contribution in [0.3, 0.4) is 0 Å². The van der Waals surface area contributed by atoms with Crippen LogP contribution in [0, 0.1) is 5.92 Å². The minimum absolute atomic E-state index is 0.443. The second-order valence-corrected chi connectivity index (χ2v) is 7.11. The lowest BCUT2D eigenvalue weighted by molar-refractivity contribution is 0.340. The van der Waals surface area contributed by atoms with Crippen molar-refractivity contribution in [3.8, 4) is 0 Å². The molecule has 23 heavy (non-hydrogen) atoms. The van der Waals surface area contributed by atoms with Gasteiger partial charge < -0.3 is 10.6 Å². The van der Waals surface area contributed by atoms with Crippen molar-refractivity contribution in [3.05, 3.63) is 30.3 Å². The van der Waals surface area contributed by atoms with Crippen molar-refractivity contribution in [3.63, 3.8) is 0 Å². The summed E-state index contributed by atoms with van der Waals surface area (Å²) in [6, 6.07) is 9.71.